The third-order valence-corrected chi connectivity index (χ3v) is 6.00. The first-order chi connectivity index (χ1) is 13.4. The van der Waals surface area contributed by atoms with E-state index in [-0.39, 0.29) is 18.3 Å². The van der Waals surface area contributed by atoms with Crippen molar-refractivity contribution in [1.82, 2.24) is 4.90 Å². The van der Waals surface area contributed by atoms with E-state index in [1.807, 2.05) is 13.0 Å². The second-order valence-corrected chi connectivity index (χ2v) is 8.41. The van der Waals surface area contributed by atoms with Crippen LogP contribution in [0.1, 0.15) is 18.1 Å². The lowest BCUT2D eigenvalue weighted by Crippen LogP contribution is -2.27. The quantitative estimate of drug-likeness (QED) is 0.408. The van der Waals surface area contributed by atoms with Crippen molar-refractivity contribution in [3.05, 3.63) is 62.7 Å². The number of likely N-dealkylation sites (N-methyl/N-ethyl adjacent to an activating group) is 1. The largest absolute Gasteiger partial charge is 0.493 e. The molecule has 0 aliphatic carbocycles. The summed E-state index contributed by atoms with van der Waals surface area (Å²) in [5, 5.41) is 0. The van der Waals surface area contributed by atoms with Gasteiger partial charge in [-0.1, -0.05) is 36.1 Å². The summed E-state index contributed by atoms with van der Waals surface area (Å²) in [5.74, 6) is 0.670. The van der Waals surface area contributed by atoms with Crippen LogP contribution >= 0.6 is 39.9 Å². The Bertz CT molecular complexity index is 947. The normalized spacial score (nSPS) is 15.4. The Morgan fingerprint density at radius 3 is 2.61 bits per heavy atom. The van der Waals surface area contributed by atoms with Crippen molar-refractivity contribution >= 4 is 56.2 Å². The second kappa shape index (κ2) is 9.07. The van der Waals surface area contributed by atoms with Crippen LogP contribution in [-0.4, -0.2) is 28.8 Å². The van der Waals surface area contributed by atoms with Crippen molar-refractivity contribution in [1.29, 1.82) is 0 Å². The fraction of sp³-hybridized carbons (Fsp3) is 0.200. The second-order valence-electron chi connectivity index (χ2n) is 5.88. The van der Waals surface area contributed by atoms with Gasteiger partial charge in [-0.2, -0.15) is 0 Å². The van der Waals surface area contributed by atoms with Gasteiger partial charge in [-0.25, -0.2) is 4.39 Å². The lowest BCUT2D eigenvalue weighted by Gasteiger charge is -2.14. The highest BCUT2D eigenvalue weighted by Gasteiger charge is 2.30. The van der Waals surface area contributed by atoms with Crippen molar-refractivity contribution < 1.29 is 18.7 Å². The predicted molar refractivity (Wildman–Crippen MR) is 117 cm³/mol. The van der Waals surface area contributed by atoms with E-state index in [1.54, 1.807) is 36.3 Å². The number of amides is 1. The van der Waals surface area contributed by atoms with Crippen LogP contribution in [-0.2, 0) is 11.4 Å². The van der Waals surface area contributed by atoms with Crippen LogP contribution in [0.5, 0.6) is 11.5 Å². The van der Waals surface area contributed by atoms with Gasteiger partial charge in [0.2, 0.25) is 0 Å². The van der Waals surface area contributed by atoms with Gasteiger partial charge in [0.05, 0.1) is 16.5 Å². The number of thioether (sulfide) groups is 1. The van der Waals surface area contributed by atoms with E-state index in [4.69, 9.17) is 21.7 Å². The molecule has 1 aliphatic heterocycles. The number of hydrogen-bond donors (Lipinski definition) is 0. The van der Waals surface area contributed by atoms with Crippen molar-refractivity contribution in [2.45, 2.75) is 13.5 Å². The van der Waals surface area contributed by atoms with Crippen LogP contribution in [0.3, 0.4) is 0 Å². The number of thiocarbonyl (C=S) groups is 1. The number of hydrogen-bond acceptors (Lipinski definition) is 5. The van der Waals surface area contributed by atoms with Crippen LogP contribution in [0.25, 0.3) is 6.08 Å². The van der Waals surface area contributed by atoms with Crippen molar-refractivity contribution in [2.24, 2.45) is 0 Å². The molecule has 1 fully saturated rings. The maximum atomic E-state index is 13.0. The molecule has 2 aromatic rings. The lowest BCUT2D eigenvalue weighted by molar-refractivity contribution is -0.121. The van der Waals surface area contributed by atoms with E-state index < -0.39 is 0 Å². The Morgan fingerprint density at radius 1 is 1.29 bits per heavy atom. The summed E-state index contributed by atoms with van der Waals surface area (Å²) in [7, 11) is 1.55. The van der Waals surface area contributed by atoms with Gasteiger partial charge in [0.15, 0.2) is 11.5 Å². The minimum atomic E-state index is -0.291. The van der Waals surface area contributed by atoms with E-state index >= 15 is 0 Å². The summed E-state index contributed by atoms with van der Waals surface area (Å²) in [6, 6.07) is 9.75. The zero-order valence-electron chi connectivity index (χ0n) is 15.2. The fourth-order valence-electron chi connectivity index (χ4n) is 2.62. The maximum absolute atomic E-state index is 13.0. The molecule has 2 aromatic carbocycles. The first-order valence-electron chi connectivity index (χ1n) is 8.43. The molecule has 28 heavy (non-hydrogen) atoms. The monoisotopic (exact) mass is 481 g/mol. The molecule has 0 aromatic heterocycles. The number of halogens is 2. The van der Waals surface area contributed by atoms with E-state index in [2.05, 4.69) is 15.9 Å². The van der Waals surface area contributed by atoms with Crippen LogP contribution in [0, 0.1) is 5.82 Å². The summed E-state index contributed by atoms with van der Waals surface area (Å²) in [4.78, 5) is 14.5. The van der Waals surface area contributed by atoms with Gasteiger partial charge in [-0.05, 0) is 64.3 Å². The van der Waals surface area contributed by atoms with Gasteiger partial charge in [0.25, 0.3) is 5.91 Å². The number of methoxy groups -OCH3 is 1. The predicted octanol–water partition coefficient (Wildman–Crippen LogP) is 5.40. The third kappa shape index (κ3) is 4.56. The van der Waals surface area contributed by atoms with E-state index in [0.717, 1.165) is 11.1 Å². The summed E-state index contributed by atoms with van der Waals surface area (Å²) in [6.07, 6.45) is 1.78. The van der Waals surface area contributed by atoms with Gasteiger partial charge >= 0.3 is 0 Å². The number of benzene rings is 2. The molecule has 0 N–H and O–H groups in total. The Kier molecular flexibility index (Phi) is 6.74. The number of nitrogens with zero attached hydrogens (tertiary/aromatic N) is 1. The first kappa shape index (κ1) is 20.8. The number of ether oxygens (including phenoxy) is 2. The van der Waals surface area contributed by atoms with Crippen LogP contribution < -0.4 is 9.47 Å². The molecule has 0 radical (unpaired) electrons. The SMILES string of the molecule is CCN1C(=O)/C(=C\c2cc(Br)c(OCc3ccc(F)cc3)c(OC)c2)SC1=S. The molecule has 1 aliphatic rings. The standard InChI is InChI=1S/C20H17BrFNO3S2/c1-3-23-19(24)17(28-20(23)27)10-13-8-15(21)18(16(9-13)25-2)26-11-12-4-6-14(22)7-5-12/h4-10H,3,11H2,1-2H3/b17-10+. The molecule has 1 amide bonds. The fourth-order valence-corrected chi connectivity index (χ4v) is 4.58. The minimum Gasteiger partial charge on any atom is -0.493 e. The first-order valence-corrected chi connectivity index (χ1v) is 10.4. The molecule has 3 rings (SSSR count). The van der Waals surface area contributed by atoms with Crippen LogP contribution in [0.15, 0.2) is 45.8 Å². The Labute approximate surface area is 180 Å². The molecule has 0 spiro atoms. The molecule has 0 saturated carbocycles. The summed E-state index contributed by atoms with van der Waals surface area (Å²) < 4.78 is 25.6. The number of rotatable bonds is 6. The molecule has 146 valence electrons. The number of carbonyl (C=O) groups is 1. The van der Waals surface area contributed by atoms with Gasteiger partial charge in [0, 0.05) is 6.54 Å². The lowest BCUT2D eigenvalue weighted by atomic mass is 10.1. The Morgan fingerprint density at radius 2 is 2.00 bits per heavy atom. The molecular formula is C20H17BrFNO3S2. The highest BCUT2D eigenvalue weighted by Crippen LogP contribution is 2.39. The third-order valence-electron chi connectivity index (χ3n) is 4.04. The summed E-state index contributed by atoms with van der Waals surface area (Å²) in [5.41, 5.74) is 1.62. The maximum Gasteiger partial charge on any atom is 0.266 e. The summed E-state index contributed by atoms with van der Waals surface area (Å²) >= 11 is 10.0. The van der Waals surface area contributed by atoms with Crippen LogP contribution in [0.2, 0.25) is 0 Å². The van der Waals surface area contributed by atoms with Crippen molar-refractivity contribution in [2.75, 3.05) is 13.7 Å². The molecule has 4 nitrogen and oxygen atoms in total. The highest BCUT2D eigenvalue weighted by atomic mass is 79.9. The average molecular weight is 482 g/mol. The van der Waals surface area contributed by atoms with Gasteiger partial charge in [0.1, 0.15) is 16.7 Å². The topological polar surface area (TPSA) is 38.8 Å². The molecule has 1 saturated heterocycles. The van der Waals surface area contributed by atoms with Crippen LogP contribution in [0.4, 0.5) is 4.39 Å². The highest BCUT2D eigenvalue weighted by molar-refractivity contribution is 9.10. The molecule has 0 atom stereocenters. The van der Waals surface area contributed by atoms with Crippen molar-refractivity contribution in [3.8, 4) is 11.5 Å². The van der Waals surface area contributed by atoms with Gasteiger partial charge < -0.3 is 9.47 Å². The average Bonchev–Trinajstić information content (AvgIpc) is 2.94. The van der Waals surface area contributed by atoms with E-state index in [9.17, 15) is 9.18 Å². The Hall–Kier alpha value is -1.90. The number of carbonyl (C=O) groups excluding carboxylic acids is 1. The van der Waals surface area contributed by atoms with Gasteiger partial charge in [-0.15, -0.1) is 0 Å². The van der Waals surface area contributed by atoms with Crippen molar-refractivity contribution in [3.63, 3.8) is 0 Å². The molecular weight excluding hydrogens is 465 g/mol. The zero-order chi connectivity index (χ0) is 20.3. The van der Waals surface area contributed by atoms with Gasteiger partial charge in [-0.3, -0.25) is 9.69 Å². The molecule has 0 bridgehead atoms. The molecule has 8 heteroatoms. The Balaban J connectivity index is 1.83. The zero-order valence-corrected chi connectivity index (χ0v) is 18.4. The van der Waals surface area contributed by atoms with E-state index in [0.29, 0.717) is 31.7 Å². The molecule has 1 heterocycles. The minimum absolute atomic E-state index is 0.0933. The van der Waals surface area contributed by atoms with E-state index in [1.165, 1.54) is 23.9 Å². The summed E-state index contributed by atoms with van der Waals surface area (Å²) in [6.45, 7) is 2.70. The molecule has 0 unspecified atom stereocenters. The smallest absolute Gasteiger partial charge is 0.266 e.